The van der Waals surface area contributed by atoms with Crippen LogP contribution in [0.3, 0.4) is 0 Å². The third-order valence-corrected chi connectivity index (χ3v) is 6.29. The van der Waals surface area contributed by atoms with Gasteiger partial charge in [-0.25, -0.2) is 8.42 Å². The van der Waals surface area contributed by atoms with Crippen LogP contribution in [0.15, 0.2) is 90.0 Å². The summed E-state index contributed by atoms with van der Waals surface area (Å²) in [6.07, 6.45) is 1.54. The number of carbonyl (C=O) groups is 1. The zero-order valence-corrected chi connectivity index (χ0v) is 18.1. The number of ether oxygens (including phenoxy) is 1. The lowest BCUT2D eigenvalue weighted by Crippen LogP contribution is -2.25. The molecule has 1 aromatic heterocycles. The van der Waals surface area contributed by atoms with E-state index in [2.05, 4.69) is 15.0 Å². The first-order valence-electron chi connectivity index (χ1n) is 9.85. The molecule has 0 atom stereocenters. The van der Waals surface area contributed by atoms with E-state index in [0.717, 1.165) is 5.56 Å². The zero-order chi connectivity index (χ0) is 22.6. The molecule has 0 aliphatic carbocycles. The van der Waals surface area contributed by atoms with Crippen molar-refractivity contribution >= 4 is 32.5 Å². The fourth-order valence-electron chi connectivity index (χ4n) is 3.29. The maximum atomic E-state index is 13.2. The highest BCUT2D eigenvalue weighted by atomic mass is 32.2. The van der Waals surface area contributed by atoms with Crippen LogP contribution in [0.2, 0.25) is 0 Å². The second kappa shape index (κ2) is 9.07. The Bertz CT molecular complexity index is 1370. The van der Waals surface area contributed by atoms with Gasteiger partial charge in [0.15, 0.2) is 0 Å². The van der Waals surface area contributed by atoms with Crippen LogP contribution in [0.4, 0.5) is 5.69 Å². The number of pyridine rings is 1. The Kier molecular flexibility index (Phi) is 6.04. The van der Waals surface area contributed by atoms with Gasteiger partial charge in [-0.1, -0.05) is 48.5 Å². The summed E-state index contributed by atoms with van der Waals surface area (Å²) in [5.41, 5.74) is 1.57. The van der Waals surface area contributed by atoms with Gasteiger partial charge >= 0.3 is 0 Å². The Morgan fingerprint density at radius 2 is 1.75 bits per heavy atom. The molecule has 32 heavy (non-hydrogen) atoms. The van der Waals surface area contributed by atoms with E-state index in [4.69, 9.17) is 4.74 Å². The molecule has 1 amide bonds. The van der Waals surface area contributed by atoms with Gasteiger partial charge in [0.2, 0.25) is 0 Å². The fraction of sp³-hybridized carbons (Fsp3) is 0.0833. The normalized spacial score (nSPS) is 11.2. The van der Waals surface area contributed by atoms with Gasteiger partial charge in [-0.3, -0.25) is 14.5 Å². The van der Waals surface area contributed by atoms with Crippen LogP contribution in [0.1, 0.15) is 15.9 Å². The average Bonchev–Trinajstić information content (AvgIpc) is 2.83. The van der Waals surface area contributed by atoms with Gasteiger partial charge in [-0.2, -0.15) is 0 Å². The molecule has 0 saturated carbocycles. The van der Waals surface area contributed by atoms with E-state index in [1.807, 2.05) is 30.3 Å². The van der Waals surface area contributed by atoms with Gasteiger partial charge in [0, 0.05) is 18.1 Å². The summed E-state index contributed by atoms with van der Waals surface area (Å²) in [5, 5.41) is 3.52. The Hall–Kier alpha value is -3.91. The van der Waals surface area contributed by atoms with Crippen molar-refractivity contribution in [1.29, 1.82) is 0 Å². The van der Waals surface area contributed by atoms with Gasteiger partial charge < -0.3 is 10.1 Å². The van der Waals surface area contributed by atoms with E-state index in [-0.39, 0.29) is 16.1 Å². The summed E-state index contributed by atoms with van der Waals surface area (Å²) in [5.74, 6) is 0.00568. The maximum absolute atomic E-state index is 13.2. The lowest BCUT2D eigenvalue weighted by molar-refractivity contribution is 0.0951. The molecule has 0 radical (unpaired) electrons. The molecule has 1 heterocycles. The SMILES string of the molecule is COc1ccc(NS(=O)(=O)c2cccc3cccnc23)c(C(=O)NCc2ccccc2)c1. The van der Waals surface area contributed by atoms with E-state index < -0.39 is 15.9 Å². The molecule has 0 aliphatic heterocycles. The molecule has 0 spiro atoms. The first kappa shape index (κ1) is 21.3. The summed E-state index contributed by atoms with van der Waals surface area (Å²) in [6.45, 7) is 0.302. The summed E-state index contributed by atoms with van der Waals surface area (Å²) in [7, 11) is -2.54. The number of benzene rings is 3. The largest absolute Gasteiger partial charge is 0.497 e. The number of fused-ring (bicyclic) bond motifs is 1. The third kappa shape index (κ3) is 4.55. The Balaban J connectivity index is 1.66. The van der Waals surface area contributed by atoms with Gasteiger partial charge in [0.25, 0.3) is 15.9 Å². The van der Waals surface area contributed by atoms with Crippen LogP contribution in [-0.2, 0) is 16.6 Å². The first-order chi connectivity index (χ1) is 15.5. The standard InChI is InChI=1S/C24H21N3O4S/c1-31-19-12-13-21(20(15-19)24(28)26-16-17-7-3-2-4-8-17)27-32(29,30)22-11-5-9-18-10-6-14-25-23(18)22/h2-15,27H,16H2,1H3,(H,26,28). The summed E-state index contributed by atoms with van der Waals surface area (Å²) in [6, 6.07) is 22.5. The molecular formula is C24H21N3O4S. The minimum Gasteiger partial charge on any atom is -0.497 e. The number of sulfonamides is 1. The predicted octanol–water partition coefficient (Wildman–Crippen LogP) is 3.97. The van der Waals surface area contributed by atoms with Crippen molar-refractivity contribution in [3.63, 3.8) is 0 Å². The van der Waals surface area contributed by atoms with Crippen molar-refractivity contribution in [2.45, 2.75) is 11.4 Å². The smallest absolute Gasteiger partial charge is 0.264 e. The van der Waals surface area contributed by atoms with Crippen LogP contribution < -0.4 is 14.8 Å². The molecule has 162 valence electrons. The number of hydrogen-bond acceptors (Lipinski definition) is 5. The highest BCUT2D eigenvalue weighted by molar-refractivity contribution is 7.93. The highest BCUT2D eigenvalue weighted by Crippen LogP contribution is 2.27. The molecular weight excluding hydrogens is 426 g/mol. The monoisotopic (exact) mass is 447 g/mol. The lowest BCUT2D eigenvalue weighted by Gasteiger charge is -2.15. The van der Waals surface area contributed by atoms with E-state index >= 15 is 0 Å². The molecule has 0 saturated heterocycles. The maximum Gasteiger partial charge on any atom is 0.264 e. The average molecular weight is 448 g/mol. The van der Waals surface area contributed by atoms with E-state index in [1.54, 1.807) is 30.3 Å². The minimum absolute atomic E-state index is 0.0297. The van der Waals surface area contributed by atoms with Crippen LogP contribution in [0.25, 0.3) is 10.9 Å². The number of methoxy groups -OCH3 is 1. The Morgan fingerprint density at radius 1 is 0.969 bits per heavy atom. The molecule has 2 N–H and O–H groups in total. The van der Waals surface area contributed by atoms with Crippen molar-refractivity contribution < 1.29 is 17.9 Å². The van der Waals surface area contributed by atoms with Gasteiger partial charge in [0.05, 0.1) is 23.9 Å². The molecule has 3 aromatic carbocycles. The second-order valence-corrected chi connectivity index (χ2v) is 8.67. The van der Waals surface area contributed by atoms with Gasteiger partial charge in [0.1, 0.15) is 10.6 Å². The summed E-state index contributed by atoms with van der Waals surface area (Å²) in [4.78, 5) is 17.2. The molecule has 4 aromatic rings. The van der Waals surface area contributed by atoms with Gasteiger partial charge in [-0.15, -0.1) is 0 Å². The van der Waals surface area contributed by atoms with E-state index in [1.165, 1.54) is 31.5 Å². The molecule has 7 nitrogen and oxygen atoms in total. The number of aromatic nitrogens is 1. The van der Waals surface area contributed by atoms with Gasteiger partial charge in [-0.05, 0) is 35.9 Å². The Morgan fingerprint density at radius 3 is 2.53 bits per heavy atom. The number of nitrogens with zero attached hydrogens (tertiary/aromatic N) is 1. The molecule has 0 bridgehead atoms. The number of carbonyl (C=O) groups excluding carboxylic acids is 1. The van der Waals surface area contributed by atoms with Crippen molar-refractivity contribution in [2.75, 3.05) is 11.8 Å². The fourth-order valence-corrected chi connectivity index (χ4v) is 4.55. The quantitative estimate of drug-likeness (QED) is 0.447. The van der Waals surface area contributed by atoms with Crippen molar-refractivity contribution in [3.05, 3.63) is 96.2 Å². The predicted molar refractivity (Wildman–Crippen MR) is 123 cm³/mol. The van der Waals surface area contributed by atoms with E-state index in [9.17, 15) is 13.2 Å². The topological polar surface area (TPSA) is 97.4 Å². The highest BCUT2D eigenvalue weighted by Gasteiger charge is 2.22. The number of rotatable bonds is 7. The third-order valence-electron chi connectivity index (χ3n) is 4.90. The number of hydrogen-bond donors (Lipinski definition) is 2. The summed E-state index contributed by atoms with van der Waals surface area (Å²) >= 11 is 0. The van der Waals surface area contributed by atoms with Crippen LogP contribution in [0.5, 0.6) is 5.75 Å². The lowest BCUT2D eigenvalue weighted by atomic mass is 10.1. The molecule has 8 heteroatoms. The number of anilines is 1. The zero-order valence-electron chi connectivity index (χ0n) is 17.3. The second-order valence-electron chi connectivity index (χ2n) is 7.02. The van der Waals surface area contributed by atoms with Crippen LogP contribution in [0, 0.1) is 0 Å². The van der Waals surface area contributed by atoms with Crippen LogP contribution in [-0.4, -0.2) is 26.4 Å². The number of nitrogens with one attached hydrogen (secondary N) is 2. The van der Waals surface area contributed by atoms with Crippen molar-refractivity contribution in [1.82, 2.24) is 10.3 Å². The first-order valence-corrected chi connectivity index (χ1v) is 11.3. The van der Waals surface area contributed by atoms with Crippen molar-refractivity contribution in [2.24, 2.45) is 0 Å². The van der Waals surface area contributed by atoms with Crippen LogP contribution >= 0.6 is 0 Å². The number of amides is 1. The number of para-hydroxylation sites is 1. The summed E-state index contributed by atoms with van der Waals surface area (Å²) < 4.78 is 34.2. The van der Waals surface area contributed by atoms with Crippen molar-refractivity contribution in [3.8, 4) is 5.75 Å². The Labute approximate surface area is 186 Å². The molecule has 0 fully saturated rings. The molecule has 4 rings (SSSR count). The van der Waals surface area contributed by atoms with E-state index in [0.29, 0.717) is 23.2 Å². The molecule has 0 unspecified atom stereocenters. The molecule has 0 aliphatic rings. The minimum atomic E-state index is -4.02.